The molecule has 19 heavy (non-hydrogen) atoms. The first-order valence-electron chi connectivity index (χ1n) is 5.87. The van der Waals surface area contributed by atoms with Gasteiger partial charge in [-0.15, -0.1) is 36.4 Å². The van der Waals surface area contributed by atoms with Crippen LogP contribution in [-0.2, 0) is 32.6 Å². The minimum Gasteiger partial charge on any atom is -0.188 e. The molecule has 3 heteroatoms. The number of hydrogen-bond donors (Lipinski definition) is 0. The van der Waals surface area contributed by atoms with Crippen LogP contribution in [0.2, 0.25) is 0 Å². The van der Waals surface area contributed by atoms with Crippen LogP contribution in [0.4, 0.5) is 0 Å². The van der Waals surface area contributed by atoms with E-state index in [4.69, 9.17) is 0 Å². The molecule has 1 aliphatic carbocycles. The van der Waals surface area contributed by atoms with Crippen LogP contribution in [0.15, 0.2) is 48.5 Å². The third-order valence-electron chi connectivity index (χ3n) is 3.29. The standard InChI is InChI=1S/C16H15.2ClH.Zr/c1-12-10-14-8-5-9-15(16(14)11-12)13-6-3-2-4-7-13;;;/h2-10,12H,11H2,1H3;2*1H;/q-1;;;. The summed E-state index contributed by atoms with van der Waals surface area (Å²) in [4.78, 5) is 0. The fraction of sp³-hybridized carbons (Fsp3) is 0.188. The van der Waals surface area contributed by atoms with E-state index in [2.05, 4.69) is 61.9 Å². The summed E-state index contributed by atoms with van der Waals surface area (Å²) in [6, 6.07) is 17.3. The van der Waals surface area contributed by atoms with Crippen LogP contribution in [-0.4, -0.2) is 0 Å². The Morgan fingerprint density at radius 2 is 1.63 bits per heavy atom. The maximum absolute atomic E-state index is 2.38. The van der Waals surface area contributed by atoms with Crippen molar-refractivity contribution < 1.29 is 26.2 Å². The molecular weight excluding hydrogens is 354 g/mol. The van der Waals surface area contributed by atoms with Gasteiger partial charge in [-0.25, -0.2) is 0 Å². The van der Waals surface area contributed by atoms with Gasteiger partial charge in [0.15, 0.2) is 0 Å². The Labute approximate surface area is 146 Å². The Balaban J connectivity index is 0.00000108. The van der Waals surface area contributed by atoms with Crippen molar-refractivity contribution in [3.8, 4) is 11.1 Å². The average molecular weight is 371 g/mol. The van der Waals surface area contributed by atoms with Gasteiger partial charge in [-0.1, -0.05) is 61.2 Å². The van der Waals surface area contributed by atoms with Crippen LogP contribution in [0.1, 0.15) is 18.1 Å². The van der Waals surface area contributed by atoms with E-state index in [9.17, 15) is 0 Å². The molecule has 1 unspecified atom stereocenters. The smallest absolute Gasteiger partial charge is 0 e. The number of halogens is 2. The van der Waals surface area contributed by atoms with Crippen LogP contribution in [0.5, 0.6) is 0 Å². The summed E-state index contributed by atoms with van der Waals surface area (Å²) in [5, 5.41) is 0. The van der Waals surface area contributed by atoms with Gasteiger partial charge >= 0.3 is 0 Å². The van der Waals surface area contributed by atoms with Gasteiger partial charge < -0.3 is 0 Å². The summed E-state index contributed by atoms with van der Waals surface area (Å²) in [6.07, 6.45) is 3.56. The van der Waals surface area contributed by atoms with Crippen LogP contribution < -0.4 is 0 Å². The number of rotatable bonds is 1. The largest absolute Gasteiger partial charge is 0.188 e. The molecule has 0 aliphatic heterocycles. The fourth-order valence-electron chi connectivity index (χ4n) is 2.56. The molecule has 0 radical (unpaired) electrons. The topological polar surface area (TPSA) is 0 Å². The van der Waals surface area contributed by atoms with Gasteiger partial charge in [-0.2, -0.15) is 18.1 Å². The molecule has 0 aromatic heterocycles. The van der Waals surface area contributed by atoms with E-state index in [1.165, 1.54) is 28.7 Å². The molecule has 2 aromatic rings. The van der Waals surface area contributed by atoms with E-state index in [-0.39, 0.29) is 51.0 Å². The van der Waals surface area contributed by atoms with Gasteiger partial charge in [-0.05, 0) is 5.56 Å². The predicted molar refractivity (Wildman–Crippen MR) is 82.6 cm³/mol. The third-order valence-corrected chi connectivity index (χ3v) is 3.29. The predicted octanol–water partition coefficient (Wildman–Crippen LogP) is 4.94. The third kappa shape index (κ3) is 3.88. The second-order valence-corrected chi connectivity index (χ2v) is 4.59. The molecule has 0 saturated heterocycles. The van der Waals surface area contributed by atoms with E-state index in [1.807, 2.05) is 0 Å². The van der Waals surface area contributed by atoms with Crippen LogP contribution in [0.25, 0.3) is 11.1 Å². The summed E-state index contributed by atoms with van der Waals surface area (Å²) >= 11 is 0. The summed E-state index contributed by atoms with van der Waals surface area (Å²) in [5.74, 6) is 0.680. The zero-order valence-electron chi connectivity index (χ0n) is 10.8. The van der Waals surface area contributed by atoms with E-state index >= 15 is 0 Å². The summed E-state index contributed by atoms with van der Waals surface area (Å²) in [7, 11) is 0. The van der Waals surface area contributed by atoms with Gasteiger partial charge in [0, 0.05) is 26.2 Å². The van der Waals surface area contributed by atoms with Crippen molar-refractivity contribution in [3.05, 3.63) is 66.1 Å². The van der Waals surface area contributed by atoms with Crippen molar-refractivity contribution in [2.75, 3.05) is 0 Å². The maximum Gasteiger partial charge on any atom is 0 e. The Kier molecular flexibility index (Phi) is 8.05. The summed E-state index contributed by atoms with van der Waals surface area (Å²) in [6.45, 7) is 2.29. The van der Waals surface area contributed by atoms with E-state index < -0.39 is 0 Å². The van der Waals surface area contributed by atoms with Gasteiger partial charge in [0.25, 0.3) is 0 Å². The number of fused-ring (bicyclic) bond motifs is 1. The molecular formula is C16H17Cl2Zr-. The van der Waals surface area contributed by atoms with E-state index in [1.54, 1.807) is 0 Å². The maximum atomic E-state index is 2.38. The Hall–Kier alpha value is -0.227. The molecule has 0 bridgehead atoms. The number of hydrogen-bond acceptors (Lipinski definition) is 0. The van der Waals surface area contributed by atoms with Crippen LogP contribution in [0.3, 0.4) is 0 Å². The Bertz CT molecular complexity index is 511. The Morgan fingerprint density at radius 3 is 2.32 bits per heavy atom. The molecule has 0 amide bonds. The quantitative estimate of drug-likeness (QED) is 0.623. The average Bonchev–Trinajstić information content (AvgIpc) is 2.70. The molecule has 0 saturated carbocycles. The molecule has 100 valence electrons. The first kappa shape index (κ1) is 18.8. The van der Waals surface area contributed by atoms with Crippen LogP contribution in [0, 0.1) is 12.3 Å². The molecule has 2 aromatic carbocycles. The fourth-order valence-corrected chi connectivity index (χ4v) is 2.56. The zero-order valence-corrected chi connectivity index (χ0v) is 14.9. The monoisotopic (exact) mass is 369 g/mol. The second kappa shape index (κ2) is 8.15. The number of benzene rings is 2. The first-order valence-corrected chi connectivity index (χ1v) is 5.87. The van der Waals surface area contributed by atoms with Crippen molar-refractivity contribution in [3.63, 3.8) is 0 Å². The van der Waals surface area contributed by atoms with E-state index in [0.29, 0.717) is 5.92 Å². The second-order valence-electron chi connectivity index (χ2n) is 4.59. The first-order chi connectivity index (χ1) is 7.84. The van der Waals surface area contributed by atoms with Gasteiger partial charge in [0.2, 0.25) is 0 Å². The van der Waals surface area contributed by atoms with Crippen LogP contribution >= 0.6 is 24.8 Å². The van der Waals surface area contributed by atoms with Crippen molar-refractivity contribution >= 4 is 24.8 Å². The normalized spacial score (nSPS) is 15.1. The Morgan fingerprint density at radius 1 is 0.947 bits per heavy atom. The minimum atomic E-state index is 0. The molecule has 0 nitrogen and oxygen atoms in total. The molecule has 0 heterocycles. The molecule has 1 aliphatic rings. The van der Waals surface area contributed by atoms with Crippen molar-refractivity contribution in [2.45, 2.75) is 13.3 Å². The summed E-state index contributed by atoms with van der Waals surface area (Å²) in [5.41, 5.74) is 5.68. The molecule has 0 spiro atoms. The van der Waals surface area contributed by atoms with Gasteiger partial charge in [-0.3, -0.25) is 0 Å². The van der Waals surface area contributed by atoms with Crippen molar-refractivity contribution in [2.24, 2.45) is 5.92 Å². The molecule has 3 rings (SSSR count). The van der Waals surface area contributed by atoms with Crippen molar-refractivity contribution in [1.82, 2.24) is 0 Å². The van der Waals surface area contributed by atoms with Gasteiger partial charge in [0.05, 0.1) is 0 Å². The zero-order chi connectivity index (χ0) is 11.0. The molecule has 0 N–H and O–H groups in total. The molecule has 1 atom stereocenters. The van der Waals surface area contributed by atoms with Gasteiger partial charge in [0.1, 0.15) is 0 Å². The van der Waals surface area contributed by atoms with Crippen molar-refractivity contribution in [1.29, 1.82) is 0 Å². The minimum absolute atomic E-state index is 0. The summed E-state index contributed by atoms with van der Waals surface area (Å²) < 4.78 is 0. The SMILES string of the molecule is CC1[CH-]c2cccc(-c3ccccc3)c2C1.Cl.Cl.[Zr]. The molecule has 0 fully saturated rings. The van der Waals surface area contributed by atoms with E-state index in [0.717, 1.165) is 0 Å².